The first kappa shape index (κ1) is 15.8. The average Bonchev–Trinajstić information content (AvgIpc) is 2.36. The summed E-state index contributed by atoms with van der Waals surface area (Å²) in [6.07, 6.45) is 2.63. The number of carbonyl (C=O) groups excluding carboxylic acids is 1. The van der Waals surface area contributed by atoms with E-state index in [4.69, 9.17) is 10.2 Å². The monoisotopic (exact) mass is 272 g/mol. The molecule has 1 rings (SSSR count). The van der Waals surface area contributed by atoms with Crippen molar-refractivity contribution in [3.05, 3.63) is 0 Å². The Morgan fingerprint density at radius 3 is 2.26 bits per heavy atom. The average molecular weight is 272 g/mol. The number of carboxylic acids is 1. The van der Waals surface area contributed by atoms with Gasteiger partial charge in [0.05, 0.1) is 12.5 Å². The first-order valence-corrected chi connectivity index (χ1v) is 6.86. The van der Waals surface area contributed by atoms with Crippen LogP contribution in [0.4, 0.5) is 4.79 Å². The Morgan fingerprint density at radius 2 is 1.84 bits per heavy atom. The molecule has 0 aliphatic heterocycles. The molecule has 1 aliphatic carbocycles. The van der Waals surface area contributed by atoms with Crippen molar-refractivity contribution in [2.24, 2.45) is 5.92 Å². The zero-order chi connectivity index (χ0) is 14.4. The van der Waals surface area contributed by atoms with E-state index in [0.717, 1.165) is 0 Å². The molecule has 0 bridgehead atoms. The van der Waals surface area contributed by atoms with Crippen molar-refractivity contribution >= 4 is 12.0 Å². The highest BCUT2D eigenvalue weighted by atomic mass is 16.4. The van der Waals surface area contributed by atoms with Crippen LogP contribution in [-0.2, 0) is 4.79 Å². The van der Waals surface area contributed by atoms with E-state index in [0.29, 0.717) is 32.2 Å². The minimum Gasteiger partial charge on any atom is -0.481 e. The van der Waals surface area contributed by atoms with E-state index in [-0.39, 0.29) is 30.6 Å². The summed E-state index contributed by atoms with van der Waals surface area (Å²) in [6.45, 7) is 4.05. The van der Waals surface area contributed by atoms with Gasteiger partial charge in [-0.15, -0.1) is 0 Å². The summed E-state index contributed by atoms with van der Waals surface area (Å²) in [5, 5.41) is 20.8. The van der Waals surface area contributed by atoms with Gasteiger partial charge in [0.2, 0.25) is 0 Å². The van der Waals surface area contributed by atoms with Crippen molar-refractivity contribution < 1.29 is 19.8 Å². The Labute approximate surface area is 113 Å². The summed E-state index contributed by atoms with van der Waals surface area (Å²) in [7, 11) is 0. The number of hydrogen-bond acceptors (Lipinski definition) is 3. The summed E-state index contributed by atoms with van der Waals surface area (Å²) >= 11 is 0. The molecule has 0 atom stereocenters. The van der Waals surface area contributed by atoms with E-state index in [2.05, 4.69) is 5.32 Å². The number of carboxylic acid groups (broad SMARTS) is 1. The van der Waals surface area contributed by atoms with Gasteiger partial charge >= 0.3 is 12.0 Å². The van der Waals surface area contributed by atoms with Gasteiger partial charge < -0.3 is 20.4 Å². The molecule has 6 heteroatoms. The molecule has 0 aromatic carbocycles. The number of hydrogen-bond donors (Lipinski definition) is 3. The lowest BCUT2D eigenvalue weighted by Gasteiger charge is -2.31. The SMILES string of the molecule is CC(C)N(CCO)C(=O)NC1CCC(C(=O)O)CC1. The molecule has 0 radical (unpaired) electrons. The second-order valence-corrected chi connectivity index (χ2v) is 5.35. The van der Waals surface area contributed by atoms with Crippen molar-refractivity contribution in [1.82, 2.24) is 10.2 Å². The van der Waals surface area contributed by atoms with Gasteiger partial charge in [0.25, 0.3) is 0 Å². The summed E-state index contributed by atoms with van der Waals surface area (Å²) in [5.41, 5.74) is 0. The van der Waals surface area contributed by atoms with Crippen LogP contribution in [0.5, 0.6) is 0 Å². The summed E-state index contributed by atoms with van der Waals surface area (Å²) in [5.74, 6) is -1.01. The second-order valence-electron chi connectivity index (χ2n) is 5.35. The molecule has 0 unspecified atom stereocenters. The lowest BCUT2D eigenvalue weighted by atomic mass is 9.86. The van der Waals surface area contributed by atoms with Gasteiger partial charge in [0.15, 0.2) is 0 Å². The van der Waals surface area contributed by atoms with Crippen LogP contribution in [0.15, 0.2) is 0 Å². The fourth-order valence-electron chi connectivity index (χ4n) is 2.44. The number of urea groups is 1. The lowest BCUT2D eigenvalue weighted by Crippen LogP contribution is -2.49. The fraction of sp³-hybridized carbons (Fsp3) is 0.846. The van der Waals surface area contributed by atoms with E-state index in [1.165, 1.54) is 0 Å². The number of aliphatic hydroxyl groups excluding tert-OH is 1. The van der Waals surface area contributed by atoms with Gasteiger partial charge in [-0.2, -0.15) is 0 Å². The largest absolute Gasteiger partial charge is 0.481 e. The quantitative estimate of drug-likeness (QED) is 0.697. The maximum Gasteiger partial charge on any atom is 0.317 e. The Bertz CT molecular complexity index is 312. The third kappa shape index (κ3) is 4.70. The number of amides is 2. The zero-order valence-corrected chi connectivity index (χ0v) is 11.6. The van der Waals surface area contributed by atoms with E-state index in [1.54, 1.807) is 4.90 Å². The molecular weight excluding hydrogens is 248 g/mol. The predicted molar refractivity (Wildman–Crippen MR) is 70.8 cm³/mol. The van der Waals surface area contributed by atoms with Gasteiger partial charge in [-0.25, -0.2) is 4.79 Å². The van der Waals surface area contributed by atoms with Crippen LogP contribution < -0.4 is 5.32 Å². The maximum atomic E-state index is 12.0. The van der Waals surface area contributed by atoms with E-state index in [1.807, 2.05) is 13.8 Å². The smallest absolute Gasteiger partial charge is 0.317 e. The number of aliphatic hydroxyl groups is 1. The van der Waals surface area contributed by atoms with Gasteiger partial charge in [0, 0.05) is 18.6 Å². The molecule has 110 valence electrons. The lowest BCUT2D eigenvalue weighted by molar-refractivity contribution is -0.142. The maximum absolute atomic E-state index is 12.0. The highest BCUT2D eigenvalue weighted by Gasteiger charge is 2.28. The minimum atomic E-state index is -0.742. The zero-order valence-electron chi connectivity index (χ0n) is 11.6. The van der Waals surface area contributed by atoms with Gasteiger partial charge in [0.1, 0.15) is 0 Å². The summed E-state index contributed by atoms with van der Waals surface area (Å²) in [6, 6.07) is -0.103. The molecule has 1 saturated carbocycles. The molecule has 0 saturated heterocycles. The number of nitrogens with zero attached hydrogens (tertiary/aromatic N) is 1. The first-order chi connectivity index (χ1) is 8.95. The molecule has 6 nitrogen and oxygen atoms in total. The van der Waals surface area contributed by atoms with E-state index >= 15 is 0 Å². The number of aliphatic carboxylic acids is 1. The van der Waals surface area contributed by atoms with Gasteiger partial charge in [-0.3, -0.25) is 4.79 Å². The highest BCUT2D eigenvalue weighted by molar-refractivity contribution is 5.75. The molecule has 0 aromatic heterocycles. The Balaban J connectivity index is 2.43. The molecular formula is C13H24N2O4. The Kier molecular flexibility index (Phi) is 6.08. The van der Waals surface area contributed by atoms with Crippen molar-refractivity contribution in [3.63, 3.8) is 0 Å². The van der Waals surface area contributed by atoms with Gasteiger partial charge in [-0.1, -0.05) is 0 Å². The number of nitrogens with one attached hydrogen (secondary N) is 1. The topological polar surface area (TPSA) is 89.9 Å². The molecule has 1 fully saturated rings. The molecule has 1 aliphatic rings. The molecule has 2 amide bonds. The van der Waals surface area contributed by atoms with E-state index < -0.39 is 5.97 Å². The van der Waals surface area contributed by atoms with Crippen LogP contribution in [0.1, 0.15) is 39.5 Å². The predicted octanol–water partition coefficient (Wildman–Crippen LogP) is 1.04. The van der Waals surface area contributed by atoms with Crippen molar-refractivity contribution in [2.75, 3.05) is 13.2 Å². The minimum absolute atomic E-state index is 0.0301. The molecule has 0 aromatic rings. The molecule has 0 spiro atoms. The van der Waals surface area contributed by atoms with Crippen molar-refractivity contribution in [2.45, 2.75) is 51.6 Å². The van der Waals surface area contributed by atoms with Crippen molar-refractivity contribution in [1.29, 1.82) is 0 Å². The van der Waals surface area contributed by atoms with Crippen LogP contribution in [0, 0.1) is 5.92 Å². The van der Waals surface area contributed by atoms with Crippen LogP contribution >= 0.6 is 0 Å². The Hall–Kier alpha value is -1.30. The Morgan fingerprint density at radius 1 is 1.26 bits per heavy atom. The molecule has 19 heavy (non-hydrogen) atoms. The second kappa shape index (κ2) is 7.33. The van der Waals surface area contributed by atoms with E-state index in [9.17, 15) is 9.59 Å². The third-order valence-corrected chi connectivity index (χ3v) is 3.63. The van der Waals surface area contributed by atoms with Crippen molar-refractivity contribution in [3.8, 4) is 0 Å². The van der Waals surface area contributed by atoms with Crippen LogP contribution in [0.25, 0.3) is 0 Å². The first-order valence-electron chi connectivity index (χ1n) is 6.86. The van der Waals surface area contributed by atoms with Crippen LogP contribution in [0.3, 0.4) is 0 Å². The number of rotatable bonds is 5. The summed E-state index contributed by atoms with van der Waals surface area (Å²) in [4.78, 5) is 24.5. The number of carbonyl (C=O) groups is 2. The highest BCUT2D eigenvalue weighted by Crippen LogP contribution is 2.24. The van der Waals surface area contributed by atoms with Crippen LogP contribution in [0.2, 0.25) is 0 Å². The fourth-order valence-corrected chi connectivity index (χ4v) is 2.44. The standard InChI is InChI=1S/C13H24N2O4/c1-9(2)15(7-8-16)13(19)14-11-5-3-10(4-6-11)12(17)18/h9-11,16H,3-8H2,1-2H3,(H,14,19)(H,17,18). The van der Waals surface area contributed by atoms with Crippen LogP contribution in [-0.4, -0.2) is 52.3 Å². The summed E-state index contributed by atoms with van der Waals surface area (Å²) < 4.78 is 0. The third-order valence-electron chi connectivity index (χ3n) is 3.63. The van der Waals surface area contributed by atoms with Gasteiger partial charge in [-0.05, 0) is 39.5 Å². The molecule has 3 N–H and O–H groups in total. The molecule has 0 heterocycles. The normalized spacial score (nSPS) is 23.2.